The van der Waals surface area contributed by atoms with Crippen molar-refractivity contribution in [2.24, 2.45) is 11.7 Å². The Balaban J connectivity index is 2.43. The smallest absolute Gasteiger partial charge is 0.254 e. The van der Waals surface area contributed by atoms with Gasteiger partial charge in [0, 0.05) is 6.54 Å². The molecule has 1 unspecified atom stereocenters. The van der Waals surface area contributed by atoms with E-state index in [0.29, 0.717) is 30.3 Å². The molecule has 0 aliphatic rings. The monoisotopic (exact) mass is 238 g/mol. The Morgan fingerprint density at radius 2 is 2.29 bits per heavy atom. The van der Waals surface area contributed by atoms with Crippen LogP contribution in [0, 0.1) is 12.8 Å². The van der Waals surface area contributed by atoms with E-state index >= 15 is 0 Å². The van der Waals surface area contributed by atoms with E-state index in [4.69, 9.17) is 10.2 Å². The molecule has 96 valence electrons. The van der Waals surface area contributed by atoms with Gasteiger partial charge >= 0.3 is 0 Å². The first-order valence-corrected chi connectivity index (χ1v) is 6.21. The van der Waals surface area contributed by atoms with E-state index in [1.807, 2.05) is 0 Å². The van der Waals surface area contributed by atoms with E-state index in [1.54, 1.807) is 13.0 Å². The summed E-state index contributed by atoms with van der Waals surface area (Å²) >= 11 is 0. The molecule has 0 saturated heterocycles. The van der Waals surface area contributed by atoms with E-state index in [-0.39, 0.29) is 5.91 Å². The van der Waals surface area contributed by atoms with Gasteiger partial charge in [0.05, 0.1) is 11.8 Å². The zero-order chi connectivity index (χ0) is 12.7. The number of rotatable bonds is 7. The molecule has 1 atom stereocenters. The van der Waals surface area contributed by atoms with E-state index in [1.165, 1.54) is 6.26 Å². The van der Waals surface area contributed by atoms with Crippen molar-refractivity contribution in [1.29, 1.82) is 0 Å². The lowest BCUT2D eigenvalue weighted by Crippen LogP contribution is -2.30. The first-order valence-electron chi connectivity index (χ1n) is 6.21. The van der Waals surface area contributed by atoms with Crippen molar-refractivity contribution in [1.82, 2.24) is 5.32 Å². The van der Waals surface area contributed by atoms with Gasteiger partial charge in [0.2, 0.25) is 0 Å². The van der Waals surface area contributed by atoms with Gasteiger partial charge in [0.25, 0.3) is 5.91 Å². The van der Waals surface area contributed by atoms with Crippen LogP contribution in [0.4, 0.5) is 0 Å². The van der Waals surface area contributed by atoms with Gasteiger partial charge in [0.15, 0.2) is 0 Å². The maximum Gasteiger partial charge on any atom is 0.254 e. The summed E-state index contributed by atoms with van der Waals surface area (Å²) in [5.74, 6) is 1.07. The summed E-state index contributed by atoms with van der Waals surface area (Å²) in [6.45, 7) is 5.30. The number of nitrogens with two attached hydrogens (primary N) is 1. The van der Waals surface area contributed by atoms with Gasteiger partial charge in [-0.3, -0.25) is 4.79 Å². The van der Waals surface area contributed by atoms with Crippen LogP contribution in [0.2, 0.25) is 0 Å². The molecule has 0 spiro atoms. The minimum atomic E-state index is -0.0608. The fourth-order valence-corrected chi connectivity index (χ4v) is 1.95. The number of carbonyl (C=O) groups excluding carboxylic acids is 1. The molecule has 1 rings (SSSR count). The minimum Gasteiger partial charge on any atom is -0.469 e. The van der Waals surface area contributed by atoms with Gasteiger partial charge in [-0.1, -0.05) is 13.3 Å². The zero-order valence-corrected chi connectivity index (χ0v) is 10.7. The number of amides is 1. The van der Waals surface area contributed by atoms with E-state index < -0.39 is 0 Å². The molecule has 0 radical (unpaired) electrons. The highest BCUT2D eigenvalue weighted by molar-refractivity contribution is 5.94. The minimum absolute atomic E-state index is 0.0608. The summed E-state index contributed by atoms with van der Waals surface area (Å²) < 4.78 is 5.11. The molecule has 0 aliphatic carbocycles. The van der Waals surface area contributed by atoms with Crippen molar-refractivity contribution in [3.05, 3.63) is 23.7 Å². The lowest BCUT2D eigenvalue weighted by molar-refractivity contribution is 0.0944. The van der Waals surface area contributed by atoms with E-state index in [0.717, 1.165) is 19.3 Å². The third-order valence-electron chi connectivity index (χ3n) is 2.93. The first kappa shape index (κ1) is 13.8. The Kier molecular flexibility index (Phi) is 5.77. The highest BCUT2D eigenvalue weighted by Crippen LogP contribution is 2.11. The Bertz CT molecular complexity index is 341. The van der Waals surface area contributed by atoms with Crippen LogP contribution < -0.4 is 11.1 Å². The van der Waals surface area contributed by atoms with Crippen LogP contribution in [0.5, 0.6) is 0 Å². The molecule has 0 fully saturated rings. The molecule has 3 N–H and O–H groups in total. The molecular weight excluding hydrogens is 216 g/mol. The molecule has 0 aliphatic heterocycles. The van der Waals surface area contributed by atoms with E-state index in [9.17, 15) is 4.79 Å². The molecule has 0 saturated carbocycles. The summed E-state index contributed by atoms with van der Waals surface area (Å²) in [5.41, 5.74) is 6.18. The molecular formula is C13H22N2O2. The molecule has 17 heavy (non-hydrogen) atoms. The van der Waals surface area contributed by atoms with Gasteiger partial charge in [0.1, 0.15) is 5.76 Å². The van der Waals surface area contributed by atoms with Crippen molar-refractivity contribution in [3.8, 4) is 0 Å². The van der Waals surface area contributed by atoms with Crippen molar-refractivity contribution < 1.29 is 9.21 Å². The molecule has 0 bridgehead atoms. The fraction of sp³-hybridized carbons (Fsp3) is 0.615. The Morgan fingerprint density at radius 3 is 2.82 bits per heavy atom. The third kappa shape index (κ3) is 4.23. The summed E-state index contributed by atoms with van der Waals surface area (Å²) in [4.78, 5) is 11.8. The standard InChI is InChI=1S/C13H22N2O2/c1-3-4-11(5-7-14)9-15-13(16)12-6-8-17-10(12)2/h6,8,11H,3-5,7,9,14H2,1-2H3,(H,15,16). The molecule has 1 amide bonds. The van der Waals surface area contributed by atoms with Gasteiger partial charge in [-0.2, -0.15) is 0 Å². The number of furan rings is 1. The van der Waals surface area contributed by atoms with Crippen molar-refractivity contribution in [3.63, 3.8) is 0 Å². The number of carbonyl (C=O) groups is 1. The lowest BCUT2D eigenvalue weighted by atomic mass is 10.00. The molecule has 1 aromatic heterocycles. The van der Waals surface area contributed by atoms with Crippen LogP contribution in [0.15, 0.2) is 16.7 Å². The van der Waals surface area contributed by atoms with Gasteiger partial charge < -0.3 is 15.5 Å². The summed E-state index contributed by atoms with van der Waals surface area (Å²) in [7, 11) is 0. The van der Waals surface area contributed by atoms with Crippen LogP contribution in [0.1, 0.15) is 42.3 Å². The summed E-state index contributed by atoms with van der Waals surface area (Å²) in [5, 5.41) is 2.94. The van der Waals surface area contributed by atoms with Crippen molar-refractivity contribution in [2.75, 3.05) is 13.1 Å². The number of nitrogens with one attached hydrogen (secondary N) is 1. The second kappa shape index (κ2) is 7.12. The summed E-state index contributed by atoms with van der Waals surface area (Å²) in [6.07, 6.45) is 4.71. The lowest BCUT2D eigenvalue weighted by Gasteiger charge is -2.15. The fourth-order valence-electron chi connectivity index (χ4n) is 1.95. The van der Waals surface area contributed by atoms with Gasteiger partial charge in [-0.05, 0) is 38.3 Å². The zero-order valence-electron chi connectivity index (χ0n) is 10.7. The number of hydrogen-bond acceptors (Lipinski definition) is 3. The highest BCUT2D eigenvalue weighted by Gasteiger charge is 2.13. The Morgan fingerprint density at radius 1 is 1.53 bits per heavy atom. The second-order valence-electron chi connectivity index (χ2n) is 4.33. The topological polar surface area (TPSA) is 68.3 Å². The second-order valence-corrected chi connectivity index (χ2v) is 4.33. The quantitative estimate of drug-likeness (QED) is 0.764. The molecule has 1 heterocycles. The van der Waals surface area contributed by atoms with Gasteiger partial charge in [-0.15, -0.1) is 0 Å². The van der Waals surface area contributed by atoms with Crippen molar-refractivity contribution >= 4 is 5.91 Å². The van der Waals surface area contributed by atoms with E-state index in [2.05, 4.69) is 12.2 Å². The Labute approximate surface area is 103 Å². The SMILES string of the molecule is CCCC(CCN)CNC(=O)c1ccoc1C. The molecule has 4 nitrogen and oxygen atoms in total. The largest absolute Gasteiger partial charge is 0.469 e. The van der Waals surface area contributed by atoms with Gasteiger partial charge in [-0.25, -0.2) is 0 Å². The maximum atomic E-state index is 11.8. The predicted octanol–water partition coefficient (Wildman–Crippen LogP) is 2.08. The predicted molar refractivity (Wildman–Crippen MR) is 67.8 cm³/mol. The average Bonchev–Trinajstić information content (AvgIpc) is 2.72. The number of aryl methyl sites for hydroxylation is 1. The van der Waals surface area contributed by atoms with Crippen LogP contribution >= 0.6 is 0 Å². The third-order valence-corrected chi connectivity index (χ3v) is 2.93. The number of hydrogen-bond donors (Lipinski definition) is 2. The highest BCUT2D eigenvalue weighted by atomic mass is 16.3. The molecule has 4 heteroatoms. The van der Waals surface area contributed by atoms with Crippen molar-refractivity contribution in [2.45, 2.75) is 33.1 Å². The Hall–Kier alpha value is -1.29. The average molecular weight is 238 g/mol. The first-order chi connectivity index (χ1) is 8.19. The van der Waals surface area contributed by atoms with Crippen LogP contribution in [-0.2, 0) is 0 Å². The summed E-state index contributed by atoms with van der Waals surface area (Å²) in [6, 6.07) is 1.70. The molecule has 1 aromatic rings. The van der Waals surface area contributed by atoms with Crippen LogP contribution in [0.3, 0.4) is 0 Å². The maximum absolute atomic E-state index is 11.8. The molecule has 0 aromatic carbocycles. The van der Waals surface area contributed by atoms with Crippen LogP contribution in [-0.4, -0.2) is 19.0 Å². The van der Waals surface area contributed by atoms with Crippen LogP contribution in [0.25, 0.3) is 0 Å². The normalized spacial score (nSPS) is 12.4.